The van der Waals surface area contributed by atoms with Gasteiger partial charge in [-0.05, 0) is 29.8 Å². The topological polar surface area (TPSA) is 81.9 Å². The Balaban J connectivity index is 1.71. The standard InChI is InChI=1S/C13H17N5O2S/c1-10(2)18-13(14-16-17-18)21-9-12(19)15-20-8-11-6-4-3-5-7-11/h3-7,10H,8-9H2,1-2H3,(H,15,19). The number of hydrogen-bond donors (Lipinski definition) is 1. The molecular weight excluding hydrogens is 290 g/mol. The van der Waals surface area contributed by atoms with Crippen LogP contribution in [0.5, 0.6) is 0 Å². The van der Waals surface area contributed by atoms with Crippen molar-refractivity contribution < 1.29 is 9.63 Å². The molecule has 1 aromatic carbocycles. The molecule has 1 N–H and O–H groups in total. The molecule has 7 nitrogen and oxygen atoms in total. The maximum absolute atomic E-state index is 11.7. The highest BCUT2D eigenvalue weighted by molar-refractivity contribution is 7.99. The van der Waals surface area contributed by atoms with E-state index in [1.165, 1.54) is 11.8 Å². The molecule has 0 spiro atoms. The summed E-state index contributed by atoms with van der Waals surface area (Å²) in [5.41, 5.74) is 3.40. The summed E-state index contributed by atoms with van der Waals surface area (Å²) in [5.74, 6) is -0.0312. The van der Waals surface area contributed by atoms with Crippen LogP contribution in [0.1, 0.15) is 25.5 Å². The van der Waals surface area contributed by atoms with Crippen LogP contribution >= 0.6 is 11.8 Å². The monoisotopic (exact) mass is 307 g/mol. The van der Waals surface area contributed by atoms with E-state index in [4.69, 9.17) is 4.84 Å². The zero-order valence-corrected chi connectivity index (χ0v) is 12.7. The number of benzene rings is 1. The van der Waals surface area contributed by atoms with Gasteiger partial charge in [-0.3, -0.25) is 9.63 Å². The average Bonchev–Trinajstić information content (AvgIpc) is 2.95. The lowest BCUT2D eigenvalue weighted by Crippen LogP contribution is -2.25. The van der Waals surface area contributed by atoms with E-state index in [0.29, 0.717) is 11.8 Å². The molecule has 2 rings (SSSR count). The molecule has 0 radical (unpaired) electrons. The van der Waals surface area contributed by atoms with Crippen molar-refractivity contribution in [2.75, 3.05) is 5.75 Å². The van der Waals surface area contributed by atoms with E-state index in [-0.39, 0.29) is 17.7 Å². The Labute approximate surface area is 127 Å². The summed E-state index contributed by atoms with van der Waals surface area (Å²) in [6.45, 7) is 4.29. The third-order valence-electron chi connectivity index (χ3n) is 2.55. The van der Waals surface area contributed by atoms with Gasteiger partial charge in [0.2, 0.25) is 5.16 Å². The van der Waals surface area contributed by atoms with Gasteiger partial charge in [0.05, 0.1) is 18.4 Å². The lowest BCUT2D eigenvalue weighted by atomic mass is 10.2. The number of carbonyl (C=O) groups is 1. The fraction of sp³-hybridized carbons (Fsp3) is 0.385. The van der Waals surface area contributed by atoms with Gasteiger partial charge in [-0.2, -0.15) is 0 Å². The molecule has 0 saturated heterocycles. The van der Waals surface area contributed by atoms with Crippen LogP contribution < -0.4 is 5.48 Å². The second-order valence-corrected chi connectivity index (χ2v) is 5.53. The van der Waals surface area contributed by atoms with Crippen molar-refractivity contribution in [3.63, 3.8) is 0 Å². The Kier molecular flexibility index (Phi) is 5.70. The highest BCUT2D eigenvalue weighted by Gasteiger charge is 2.11. The molecule has 0 bridgehead atoms. The smallest absolute Gasteiger partial charge is 0.254 e. The molecule has 8 heteroatoms. The summed E-state index contributed by atoms with van der Waals surface area (Å²) in [6.07, 6.45) is 0. The SMILES string of the molecule is CC(C)n1nnnc1SCC(=O)NOCc1ccccc1. The minimum absolute atomic E-state index is 0.153. The Morgan fingerprint density at radius 1 is 1.38 bits per heavy atom. The highest BCUT2D eigenvalue weighted by atomic mass is 32.2. The van der Waals surface area contributed by atoms with E-state index in [1.807, 2.05) is 44.2 Å². The van der Waals surface area contributed by atoms with E-state index in [0.717, 1.165) is 5.56 Å². The third kappa shape index (κ3) is 4.83. The number of rotatable bonds is 7. The second kappa shape index (κ2) is 7.75. The number of tetrazole rings is 1. The van der Waals surface area contributed by atoms with E-state index >= 15 is 0 Å². The first-order valence-electron chi connectivity index (χ1n) is 6.52. The number of nitrogens with one attached hydrogen (secondary N) is 1. The molecule has 1 amide bonds. The van der Waals surface area contributed by atoms with Crippen LogP contribution in [0.3, 0.4) is 0 Å². The number of amides is 1. The summed E-state index contributed by atoms with van der Waals surface area (Å²) in [7, 11) is 0. The van der Waals surface area contributed by atoms with Gasteiger partial charge < -0.3 is 0 Å². The molecule has 21 heavy (non-hydrogen) atoms. The van der Waals surface area contributed by atoms with Crippen LogP contribution in [0.15, 0.2) is 35.5 Å². The van der Waals surface area contributed by atoms with Crippen LogP contribution in [0.4, 0.5) is 0 Å². The second-order valence-electron chi connectivity index (χ2n) is 4.59. The van der Waals surface area contributed by atoms with Gasteiger partial charge in [0.25, 0.3) is 5.91 Å². The first kappa shape index (κ1) is 15.5. The molecule has 112 valence electrons. The van der Waals surface area contributed by atoms with Crippen LogP contribution in [0.25, 0.3) is 0 Å². The molecule has 0 aliphatic rings. The van der Waals surface area contributed by atoms with Gasteiger partial charge in [-0.25, -0.2) is 10.2 Å². The number of hydrogen-bond acceptors (Lipinski definition) is 6. The molecule has 2 aromatic rings. The summed E-state index contributed by atoms with van der Waals surface area (Å²) in [6, 6.07) is 9.77. The number of nitrogens with zero attached hydrogens (tertiary/aromatic N) is 4. The van der Waals surface area contributed by atoms with Crippen molar-refractivity contribution in [2.24, 2.45) is 0 Å². The normalized spacial score (nSPS) is 10.8. The predicted molar refractivity (Wildman–Crippen MR) is 78.3 cm³/mol. The first-order chi connectivity index (χ1) is 10.2. The molecule has 1 heterocycles. The minimum atomic E-state index is -0.228. The van der Waals surface area contributed by atoms with Gasteiger partial charge in [-0.1, -0.05) is 42.1 Å². The van der Waals surface area contributed by atoms with Crippen LogP contribution in [-0.2, 0) is 16.2 Å². The van der Waals surface area contributed by atoms with E-state index in [1.54, 1.807) is 4.68 Å². The summed E-state index contributed by atoms with van der Waals surface area (Å²) in [4.78, 5) is 16.8. The maximum atomic E-state index is 11.7. The van der Waals surface area contributed by atoms with Crippen LogP contribution in [-0.4, -0.2) is 31.9 Å². The lowest BCUT2D eigenvalue weighted by Gasteiger charge is -2.07. The van der Waals surface area contributed by atoms with Crippen molar-refractivity contribution in [1.82, 2.24) is 25.7 Å². The fourth-order valence-corrected chi connectivity index (χ4v) is 2.33. The van der Waals surface area contributed by atoms with Crippen molar-refractivity contribution in [3.8, 4) is 0 Å². The van der Waals surface area contributed by atoms with Crippen molar-refractivity contribution in [1.29, 1.82) is 0 Å². The van der Waals surface area contributed by atoms with Crippen LogP contribution in [0, 0.1) is 0 Å². The average molecular weight is 307 g/mol. The fourth-order valence-electron chi connectivity index (χ4n) is 1.54. The Morgan fingerprint density at radius 2 is 2.14 bits per heavy atom. The molecular formula is C13H17N5O2S. The number of hydroxylamine groups is 1. The van der Waals surface area contributed by atoms with Gasteiger partial charge >= 0.3 is 0 Å². The predicted octanol–water partition coefficient (Wildman–Crippen LogP) is 1.59. The zero-order valence-electron chi connectivity index (χ0n) is 11.9. The highest BCUT2D eigenvalue weighted by Crippen LogP contribution is 2.16. The zero-order chi connectivity index (χ0) is 15.1. The molecule has 0 atom stereocenters. The molecule has 0 aliphatic carbocycles. The van der Waals surface area contributed by atoms with Crippen molar-refractivity contribution in [2.45, 2.75) is 31.7 Å². The summed E-state index contributed by atoms with van der Waals surface area (Å²) >= 11 is 1.27. The summed E-state index contributed by atoms with van der Waals surface area (Å²) < 4.78 is 1.67. The first-order valence-corrected chi connectivity index (χ1v) is 7.50. The third-order valence-corrected chi connectivity index (χ3v) is 3.49. The number of carbonyl (C=O) groups excluding carboxylic acids is 1. The van der Waals surface area contributed by atoms with Gasteiger partial charge in [-0.15, -0.1) is 5.10 Å². The minimum Gasteiger partial charge on any atom is -0.272 e. The van der Waals surface area contributed by atoms with Gasteiger partial charge in [0.1, 0.15) is 0 Å². The van der Waals surface area contributed by atoms with Crippen molar-refractivity contribution in [3.05, 3.63) is 35.9 Å². The van der Waals surface area contributed by atoms with E-state index in [9.17, 15) is 4.79 Å². The van der Waals surface area contributed by atoms with Crippen molar-refractivity contribution >= 4 is 17.7 Å². The number of aromatic nitrogens is 4. The van der Waals surface area contributed by atoms with Gasteiger partial charge in [0, 0.05) is 0 Å². The van der Waals surface area contributed by atoms with Crippen LogP contribution in [0.2, 0.25) is 0 Å². The molecule has 0 fully saturated rings. The number of thioether (sulfide) groups is 1. The quantitative estimate of drug-likeness (QED) is 0.618. The lowest BCUT2D eigenvalue weighted by molar-refractivity contribution is -0.131. The maximum Gasteiger partial charge on any atom is 0.254 e. The molecule has 1 aromatic heterocycles. The Morgan fingerprint density at radius 3 is 2.86 bits per heavy atom. The van der Waals surface area contributed by atoms with E-state index in [2.05, 4.69) is 21.0 Å². The van der Waals surface area contributed by atoms with E-state index < -0.39 is 0 Å². The molecule has 0 saturated carbocycles. The van der Waals surface area contributed by atoms with Gasteiger partial charge in [0.15, 0.2) is 0 Å². The Bertz CT molecular complexity index is 573. The molecule has 0 aliphatic heterocycles. The molecule has 0 unspecified atom stereocenters. The Hall–Kier alpha value is -1.93. The largest absolute Gasteiger partial charge is 0.272 e. The summed E-state index contributed by atoms with van der Waals surface area (Å²) in [5, 5.41) is 12.0.